The Balaban J connectivity index is 2.26. The fourth-order valence-electron chi connectivity index (χ4n) is 2.71. The van der Waals surface area contributed by atoms with E-state index in [1.54, 1.807) is 6.92 Å². The van der Waals surface area contributed by atoms with E-state index in [1.807, 2.05) is 13.8 Å². The number of rotatable bonds is 3. The second-order valence-electron chi connectivity index (χ2n) is 5.77. The van der Waals surface area contributed by atoms with Gasteiger partial charge >= 0.3 is 6.18 Å². The highest BCUT2D eigenvalue weighted by Crippen LogP contribution is 2.55. The molecule has 6 heteroatoms. The van der Waals surface area contributed by atoms with Gasteiger partial charge in [0.25, 0.3) is 0 Å². The third kappa shape index (κ3) is 2.00. The zero-order chi connectivity index (χ0) is 13.7. The van der Waals surface area contributed by atoms with Crippen LogP contribution in [0.1, 0.15) is 40.0 Å². The number of alkyl halides is 3. The second kappa shape index (κ2) is 4.11. The first-order valence-corrected chi connectivity index (χ1v) is 6.35. The molecule has 2 aliphatic rings. The quantitative estimate of drug-likeness (QED) is 0.848. The van der Waals surface area contributed by atoms with Gasteiger partial charge in [-0.3, -0.25) is 10.1 Å². The van der Waals surface area contributed by atoms with Crippen LogP contribution in [0.25, 0.3) is 0 Å². The summed E-state index contributed by atoms with van der Waals surface area (Å²) >= 11 is 0. The van der Waals surface area contributed by atoms with Crippen molar-refractivity contribution in [2.24, 2.45) is 5.92 Å². The summed E-state index contributed by atoms with van der Waals surface area (Å²) in [6.45, 7) is 5.52. The minimum atomic E-state index is -4.33. The predicted octanol–water partition coefficient (Wildman–Crippen LogP) is 2.27. The molecule has 2 atom stereocenters. The summed E-state index contributed by atoms with van der Waals surface area (Å²) in [5.74, 6) is -0.178. The molecule has 104 valence electrons. The van der Waals surface area contributed by atoms with Gasteiger partial charge in [0.05, 0.1) is 12.2 Å². The average molecular weight is 264 g/mol. The number of carbonyl (C=O) groups excluding carboxylic acids is 1. The largest absolute Gasteiger partial charge is 0.411 e. The predicted molar refractivity (Wildman–Crippen MR) is 60.7 cm³/mol. The summed E-state index contributed by atoms with van der Waals surface area (Å²) in [6.07, 6.45) is -4.20. The molecular formula is C12H19F3N2O. The lowest BCUT2D eigenvalue weighted by Crippen LogP contribution is -2.54. The molecule has 2 fully saturated rings. The van der Waals surface area contributed by atoms with Crippen molar-refractivity contribution in [3.05, 3.63) is 0 Å². The van der Waals surface area contributed by atoms with Crippen LogP contribution in [0.5, 0.6) is 0 Å². The van der Waals surface area contributed by atoms with Crippen molar-refractivity contribution >= 4 is 5.91 Å². The van der Waals surface area contributed by atoms with Gasteiger partial charge in [0, 0.05) is 0 Å². The molecule has 1 saturated carbocycles. The Kier molecular flexibility index (Phi) is 3.12. The lowest BCUT2D eigenvalue weighted by atomic mass is 10.1. The molecule has 0 aromatic carbocycles. The zero-order valence-corrected chi connectivity index (χ0v) is 10.8. The molecule has 1 saturated heterocycles. The van der Waals surface area contributed by atoms with Crippen LogP contribution in [0.2, 0.25) is 0 Å². The summed E-state index contributed by atoms with van der Waals surface area (Å²) in [7, 11) is 0. The second-order valence-corrected chi connectivity index (χ2v) is 5.77. The van der Waals surface area contributed by atoms with Gasteiger partial charge in [0.2, 0.25) is 5.91 Å². The first kappa shape index (κ1) is 13.6. The van der Waals surface area contributed by atoms with Crippen molar-refractivity contribution in [3.8, 4) is 0 Å². The van der Waals surface area contributed by atoms with Gasteiger partial charge in [0.15, 0.2) is 0 Å². The van der Waals surface area contributed by atoms with Crippen LogP contribution in [0, 0.1) is 5.92 Å². The lowest BCUT2D eigenvalue weighted by molar-refractivity contribution is -0.203. The SMILES string of the molecule is CC(C)CC1NC(C)C(=O)N1C1(C(F)(F)F)CC1. The van der Waals surface area contributed by atoms with Gasteiger partial charge in [-0.25, -0.2) is 0 Å². The van der Waals surface area contributed by atoms with Crippen molar-refractivity contribution in [2.75, 3.05) is 0 Å². The number of carbonyl (C=O) groups is 1. The Labute approximate surface area is 105 Å². The van der Waals surface area contributed by atoms with Crippen molar-refractivity contribution in [1.29, 1.82) is 0 Å². The molecule has 1 aliphatic heterocycles. The molecule has 1 heterocycles. The first-order valence-electron chi connectivity index (χ1n) is 6.35. The Morgan fingerprint density at radius 1 is 1.44 bits per heavy atom. The van der Waals surface area contributed by atoms with E-state index in [1.165, 1.54) is 0 Å². The molecule has 0 bridgehead atoms. The molecule has 1 aliphatic carbocycles. The summed E-state index contributed by atoms with van der Waals surface area (Å²) in [5.41, 5.74) is -1.90. The lowest BCUT2D eigenvalue weighted by Gasteiger charge is -2.35. The van der Waals surface area contributed by atoms with Gasteiger partial charge in [-0.05, 0) is 32.1 Å². The van der Waals surface area contributed by atoms with E-state index in [9.17, 15) is 18.0 Å². The topological polar surface area (TPSA) is 32.3 Å². The molecule has 0 aromatic heterocycles. The Hall–Kier alpha value is -0.780. The van der Waals surface area contributed by atoms with Gasteiger partial charge in [-0.1, -0.05) is 13.8 Å². The molecule has 0 aromatic rings. The Bertz CT molecular complexity index is 350. The number of hydrogen-bond donors (Lipinski definition) is 1. The molecule has 1 amide bonds. The summed E-state index contributed by atoms with van der Waals surface area (Å²) < 4.78 is 39.4. The van der Waals surface area contributed by atoms with E-state index in [-0.39, 0.29) is 18.8 Å². The number of halogens is 3. The van der Waals surface area contributed by atoms with Crippen molar-refractivity contribution in [2.45, 2.75) is 64.0 Å². The van der Waals surface area contributed by atoms with Crippen molar-refractivity contribution < 1.29 is 18.0 Å². The van der Waals surface area contributed by atoms with Crippen LogP contribution in [0.15, 0.2) is 0 Å². The molecule has 2 rings (SSSR count). The zero-order valence-electron chi connectivity index (χ0n) is 10.8. The third-order valence-electron chi connectivity index (χ3n) is 3.77. The maximum Gasteiger partial charge on any atom is 0.411 e. The summed E-state index contributed by atoms with van der Waals surface area (Å²) in [4.78, 5) is 13.1. The highest BCUT2D eigenvalue weighted by molar-refractivity contribution is 5.85. The standard InChI is InChI=1S/C12H19F3N2O/c1-7(2)6-9-16-8(3)10(18)17(9)11(4-5-11)12(13,14)15/h7-9,16H,4-6H2,1-3H3. The monoisotopic (exact) mass is 264 g/mol. The molecule has 0 radical (unpaired) electrons. The number of nitrogens with zero attached hydrogens (tertiary/aromatic N) is 1. The van der Waals surface area contributed by atoms with Gasteiger partial charge < -0.3 is 4.90 Å². The van der Waals surface area contributed by atoms with E-state index < -0.39 is 29.8 Å². The highest BCUT2D eigenvalue weighted by atomic mass is 19.4. The summed E-state index contributed by atoms with van der Waals surface area (Å²) in [5, 5.41) is 2.98. The van der Waals surface area contributed by atoms with E-state index in [0.29, 0.717) is 6.42 Å². The molecule has 18 heavy (non-hydrogen) atoms. The van der Waals surface area contributed by atoms with Crippen LogP contribution < -0.4 is 5.32 Å². The molecule has 0 spiro atoms. The van der Waals surface area contributed by atoms with E-state index in [2.05, 4.69) is 5.32 Å². The molecule has 1 N–H and O–H groups in total. The Morgan fingerprint density at radius 3 is 2.39 bits per heavy atom. The van der Waals surface area contributed by atoms with E-state index >= 15 is 0 Å². The van der Waals surface area contributed by atoms with Crippen molar-refractivity contribution in [1.82, 2.24) is 10.2 Å². The molecule has 2 unspecified atom stereocenters. The van der Waals surface area contributed by atoms with E-state index in [0.717, 1.165) is 4.90 Å². The average Bonchev–Trinajstić information content (AvgIpc) is 2.92. The van der Waals surface area contributed by atoms with Crippen LogP contribution in [0.4, 0.5) is 13.2 Å². The minimum Gasteiger partial charge on any atom is -0.311 e. The maximum atomic E-state index is 13.1. The fraction of sp³-hybridized carbons (Fsp3) is 0.917. The van der Waals surface area contributed by atoms with Crippen LogP contribution in [-0.4, -0.2) is 34.7 Å². The third-order valence-corrected chi connectivity index (χ3v) is 3.77. The van der Waals surface area contributed by atoms with Gasteiger partial charge in [0.1, 0.15) is 5.54 Å². The molecular weight excluding hydrogens is 245 g/mol. The Morgan fingerprint density at radius 2 is 2.00 bits per heavy atom. The fourth-order valence-corrected chi connectivity index (χ4v) is 2.71. The van der Waals surface area contributed by atoms with Crippen LogP contribution in [-0.2, 0) is 4.79 Å². The highest BCUT2D eigenvalue weighted by Gasteiger charge is 2.70. The maximum absolute atomic E-state index is 13.1. The van der Waals surface area contributed by atoms with Crippen molar-refractivity contribution in [3.63, 3.8) is 0 Å². The molecule has 3 nitrogen and oxygen atoms in total. The number of nitrogens with one attached hydrogen (secondary N) is 1. The summed E-state index contributed by atoms with van der Waals surface area (Å²) in [6, 6.07) is -0.520. The van der Waals surface area contributed by atoms with Crippen LogP contribution in [0.3, 0.4) is 0 Å². The van der Waals surface area contributed by atoms with Crippen LogP contribution >= 0.6 is 0 Å². The first-order chi connectivity index (χ1) is 8.19. The van der Waals surface area contributed by atoms with Gasteiger partial charge in [-0.2, -0.15) is 13.2 Å². The minimum absolute atomic E-state index is 0.0330. The number of amides is 1. The smallest absolute Gasteiger partial charge is 0.311 e. The van der Waals surface area contributed by atoms with E-state index in [4.69, 9.17) is 0 Å². The number of hydrogen-bond acceptors (Lipinski definition) is 2. The normalized spacial score (nSPS) is 31.3. The van der Waals surface area contributed by atoms with Gasteiger partial charge in [-0.15, -0.1) is 0 Å².